The van der Waals surface area contributed by atoms with E-state index in [4.69, 9.17) is 0 Å². The number of aromatic nitrogens is 4. The zero-order valence-electron chi connectivity index (χ0n) is 15.6. The van der Waals surface area contributed by atoms with E-state index in [1.54, 1.807) is 17.5 Å². The van der Waals surface area contributed by atoms with Gasteiger partial charge in [-0.25, -0.2) is 15.0 Å². The van der Waals surface area contributed by atoms with Crippen LogP contribution in [0.1, 0.15) is 12.7 Å². The number of hydrogen-bond acceptors (Lipinski definition) is 8. The maximum atomic E-state index is 4.66. The van der Waals surface area contributed by atoms with Crippen LogP contribution in [0.4, 0.5) is 16.8 Å². The number of likely N-dealkylation sites (N-methyl/N-ethyl adjacent to an activating group) is 1. The molecule has 1 aliphatic heterocycles. The van der Waals surface area contributed by atoms with Crippen molar-refractivity contribution in [1.29, 1.82) is 0 Å². The smallest absolute Gasteiger partial charge is 0.188 e. The fourth-order valence-corrected chi connectivity index (χ4v) is 3.89. The van der Waals surface area contributed by atoms with Gasteiger partial charge in [0.1, 0.15) is 17.5 Å². The van der Waals surface area contributed by atoms with Crippen molar-refractivity contribution in [3.63, 3.8) is 0 Å². The first-order valence-electron chi connectivity index (χ1n) is 9.17. The minimum absolute atomic E-state index is 0.761. The number of pyridine rings is 1. The van der Waals surface area contributed by atoms with Gasteiger partial charge < -0.3 is 15.1 Å². The molecule has 0 atom stereocenters. The maximum absolute atomic E-state index is 4.66. The Morgan fingerprint density at radius 2 is 2.00 bits per heavy atom. The van der Waals surface area contributed by atoms with Crippen molar-refractivity contribution in [2.45, 2.75) is 13.8 Å². The minimum atomic E-state index is 0.761. The van der Waals surface area contributed by atoms with E-state index < -0.39 is 0 Å². The van der Waals surface area contributed by atoms with Crippen LogP contribution >= 0.6 is 11.3 Å². The molecule has 0 aliphatic carbocycles. The molecule has 0 radical (unpaired) electrons. The second-order valence-corrected chi connectivity index (χ2v) is 7.34. The fourth-order valence-electron chi connectivity index (χ4n) is 3.16. The number of hydrogen-bond donors (Lipinski definition) is 1. The second-order valence-electron chi connectivity index (χ2n) is 6.48. The fraction of sp³-hybridized carbons (Fsp3) is 0.368. The molecule has 4 heterocycles. The Bertz CT molecular complexity index is 888. The lowest BCUT2D eigenvalue weighted by Gasteiger charge is -2.34. The summed E-state index contributed by atoms with van der Waals surface area (Å²) in [5.74, 6) is 2.52. The first-order valence-corrected chi connectivity index (χ1v) is 10.0. The van der Waals surface area contributed by atoms with Crippen molar-refractivity contribution in [3.05, 3.63) is 41.8 Å². The van der Waals surface area contributed by atoms with Gasteiger partial charge in [-0.1, -0.05) is 6.92 Å². The van der Waals surface area contributed by atoms with Crippen LogP contribution in [0.3, 0.4) is 0 Å². The molecule has 0 amide bonds. The standard InChI is InChI=1S/C19H23N7S/c1-3-25-7-9-26(10-8-25)18-11-17(21-14(2)22-18)24-19-23-16(13-27-19)15-5-4-6-20-12-15/h4-6,11-13H,3,7-10H2,1-2H3,(H,21,22,23,24). The van der Waals surface area contributed by atoms with E-state index in [-0.39, 0.29) is 0 Å². The van der Waals surface area contributed by atoms with Crippen LogP contribution in [0.2, 0.25) is 0 Å². The van der Waals surface area contributed by atoms with Gasteiger partial charge in [0.2, 0.25) is 0 Å². The highest BCUT2D eigenvalue weighted by Crippen LogP contribution is 2.27. The topological polar surface area (TPSA) is 70.1 Å². The van der Waals surface area contributed by atoms with Gasteiger partial charge in [0.15, 0.2) is 5.13 Å². The van der Waals surface area contributed by atoms with Gasteiger partial charge in [-0.05, 0) is 25.6 Å². The molecule has 0 aromatic carbocycles. The molecule has 0 spiro atoms. The van der Waals surface area contributed by atoms with Crippen LogP contribution in [-0.4, -0.2) is 57.6 Å². The summed E-state index contributed by atoms with van der Waals surface area (Å²) in [6.45, 7) is 9.37. The summed E-state index contributed by atoms with van der Waals surface area (Å²) in [4.78, 5) is 22.8. The molecule has 1 N–H and O–H groups in total. The van der Waals surface area contributed by atoms with Crippen LogP contribution < -0.4 is 10.2 Å². The van der Waals surface area contributed by atoms with Crippen molar-refractivity contribution < 1.29 is 0 Å². The molecule has 3 aromatic rings. The molecule has 1 saturated heterocycles. The summed E-state index contributed by atoms with van der Waals surface area (Å²) in [5.41, 5.74) is 1.92. The second kappa shape index (κ2) is 7.98. The molecule has 1 fully saturated rings. The van der Waals surface area contributed by atoms with Crippen molar-refractivity contribution in [1.82, 2.24) is 24.8 Å². The Morgan fingerprint density at radius 3 is 2.74 bits per heavy atom. The monoisotopic (exact) mass is 381 g/mol. The van der Waals surface area contributed by atoms with E-state index in [1.807, 2.05) is 36.7 Å². The van der Waals surface area contributed by atoms with Gasteiger partial charge in [0.05, 0.1) is 5.69 Å². The summed E-state index contributed by atoms with van der Waals surface area (Å²) in [6.07, 6.45) is 3.59. The van der Waals surface area contributed by atoms with Gasteiger partial charge in [0, 0.05) is 55.6 Å². The molecule has 3 aromatic heterocycles. The number of aryl methyl sites for hydroxylation is 1. The van der Waals surface area contributed by atoms with Crippen molar-refractivity contribution in [2.75, 3.05) is 42.9 Å². The average Bonchev–Trinajstić information content (AvgIpc) is 3.17. The van der Waals surface area contributed by atoms with Gasteiger partial charge in [0.25, 0.3) is 0 Å². The summed E-state index contributed by atoms with van der Waals surface area (Å²) in [7, 11) is 0. The van der Waals surface area contributed by atoms with Crippen molar-refractivity contribution in [2.24, 2.45) is 0 Å². The number of nitrogens with one attached hydrogen (secondary N) is 1. The summed E-state index contributed by atoms with van der Waals surface area (Å²) < 4.78 is 0. The Labute approximate surface area is 163 Å². The van der Waals surface area contributed by atoms with Crippen molar-refractivity contribution >= 4 is 28.1 Å². The predicted molar refractivity (Wildman–Crippen MR) is 110 cm³/mol. The highest BCUT2D eigenvalue weighted by atomic mass is 32.1. The number of piperazine rings is 1. The molecular weight excluding hydrogens is 358 g/mol. The lowest BCUT2D eigenvalue weighted by Crippen LogP contribution is -2.46. The molecular formula is C19H23N7S. The minimum Gasteiger partial charge on any atom is -0.354 e. The Morgan fingerprint density at radius 1 is 1.15 bits per heavy atom. The number of anilines is 3. The van der Waals surface area contributed by atoms with E-state index in [9.17, 15) is 0 Å². The quantitative estimate of drug-likeness (QED) is 0.728. The first-order chi connectivity index (χ1) is 13.2. The third-order valence-corrected chi connectivity index (χ3v) is 5.42. The van der Waals surface area contributed by atoms with Crippen LogP contribution in [0, 0.1) is 6.92 Å². The molecule has 0 saturated carbocycles. The SMILES string of the molecule is CCN1CCN(c2cc(Nc3nc(-c4cccnc4)cs3)nc(C)n2)CC1. The zero-order valence-corrected chi connectivity index (χ0v) is 16.4. The van der Waals surface area contributed by atoms with Gasteiger partial charge in [-0.3, -0.25) is 4.98 Å². The van der Waals surface area contributed by atoms with Crippen LogP contribution in [0.15, 0.2) is 36.0 Å². The molecule has 4 rings (SSSR count). The summed E-state index contributed by atoms with van der Waals surface area (Å²) >= 11 is 1.56. The van der Waals surface area contributed by atoms with Gasteiger partial charge in [-0.2, -0.15) is 0 Å². The Hall–Kier alpha value is -2.58. The van der Waals surface area contributed by atoms with Gasteiger partial charge >= 0.3 is 0 Å². The Kier molecular flexibility index (Phi) is 5.26. The van der Waals surface area contributed by atoms with E-state index in [2.05, 4.69) is 42.0 Å². The molecule has 140 valence electrons. The van der Waals surface area contributed by atoms with E-state index in [0.29, 0.717) is 0 Å². The third kappa shape index (κ3) is 4.23. The van der Waals surface area contributed by atoms with Gasteiger partial charge in [-0.15, -0.1) is 11.3 Å². The average molecular weight is 382 g/mol. The maximum Gasteiger partial charge on any atom is 0.188 e. The van der Waals surface area contributed by atoms with E-state index in [0.717, 1.165) is 66.6 Å². The third-order valence-electron chi connectivity index (χ3n) is 4.66. The Balaban J connectivity index is 1.50. The number of thiazole rings is 1. The lowest BCUT2D eigenvalue weighted by atomic mass is 10.2. The molecule has 1 aliphatic rings. The van der Waals surface area contributed by atoms with Crippen LogP contribution in [0.5, 0.6) is 0 Å². The van der Waals surface area contributed by atoms with E-state index in [1.165, 1.54) is 0 Å². The lowest BCUT2D eigenvalue weighted by molar-refractivity contribution is 0.270. The van der Waals surface area contributed by atoms with Crippen molar-refractivity contribution in [3.8, 4) is 11.3 Å². The number of rotatable bonds is 5. The first kappa shape index (κ1) is 17.8. The molecule has 8 heteroatoms. The molecule has 0 bridgehead atoms. The number of nitrogens with zero attached hydrogens (tertiary/aromatic N) is 6. The summed E-state index contributed by atoms with van der Waals surface area (Å²) in [5, 5.41) is 6.17. The predicted octanol–water partition coefficient (Wildman–Crippen LogP) is 3.19. The van der Waals surface area contributed by atoms with Crippen LogP contribution in [-0.2, 0) is 0 Å². The summed E-state index contributed by atoms with van der Waals surface area (Å²) in [6, 6.07) is 5.94. The highest BCUT2D eigenvalue weighted by Gasteiger charge is 2.18. The van der Waals surface area contributed by atoms with Crippen LogP contribution in [0.25, 0.3) is 11.3 Å². The normalized spacial score (nSPS) is 15.1. The highest BCUT2D eigenvalue weighted by molar-refractivity contribution is 7.14. The largest absolute Gasteiger partial charge is 0.354 e. The van der Waals surface area contributed by atoms with E-state index >= 15 is 0 Å². The molecule has 27 heavy (non-hydrogen) atoms. The zero-order chi connectivity index (χ0) is 18.6. The molecule has 7 nitrogen and oxygen atoms in total. The molecule has 0 unspecified atom stereocenters.